The fourth-order valence-corrected chi connectivity index (χ4v) is 4.36. The first-order valence-corrected chi connectivity index (χ1v) is 10.2. The number of carbonyl (C=O) groups is 1. The number of aromatic nitrogens is 3. The molecular formula is C21H25F2N3O4. The minimum atomic E-state index is -3.41. The summed E-state index contributed by atoms with van der Waals surface area (Å²) in [5, 5.41) is 4.17. The van der Waals surface area contributed by atoms with Crippen LogP contribution in [0.1, 0.15) is 53.3 Å². The molecule has 0 amide bonds. The minimum absolute atomic E-state index is 0.000661. The van der Waals surface area contributed by atoms with E-state index in [1.165, 1.54) is 17.9 Å². The summed E-state index contributed by atoms with van der Waals surface area (Å²) < 4.78 is 48.4. The molecule has 0 bridgehead atoms. The van der Waals surface area contributed by atoms with E-state index in [4.69, 9.17) is 14.2 Å². The number of rotatable bonds is 5. The Hall–Kier alpha value is -2.55. The number of halogens is 2. The Kier molecular flexibility index (Phi) is 5.99. The van der Waals surface area contributed by atoms with Crippen molar-refractivity contribution in [1.29, 1.82) is 0 Å². The van der Waals surface area contributed by atoms with E-state index in [0.717, 1.165) is 31.4 Å². The molecule has 0 saturated heterocycles. The zero-order valence-electron chi connectivity index (χ0n) is 16.9. The molecule has 4 rings (SSSR count). The molecule has 7 nitrogen and oxygen atoms in total. The molecule has 0 radical (unpaired) electrons. The topological polar surface area (TPSA) is 75.5 Å². The van der Waals surface area contributed by atoms with E-state index in [1.54, 1.807) is 6.20 Å². The number of hydrogen-bond donors (Lipinski definition) is 0. The van der Waals surface area contributed by atoms with Crippen LogP contribution in [-0.4, -0.2) is 48.0 Å². The van der Waals surface area contributed by atoms with Crippen LogP contribution in [0.3, 0.4) is 0 Å². The van der Waals surface area contributed by atoms with E-state index in [-0.39, 0.29) is 48.8 Å². The Morgan fingerprint density at radius 1 is 1.33 bits per heavy atom. The third-order valence-electron chi connectivity index (χ3n) is 5.82. The van der Waals surface area contributed by atoms with Gasteiger partial charge in [0.05, 0.1) is 18.8 Å². The summed E-state index contributed by atoms with van der Waals surface area (Å²) >= 11 is 0. The van der Waals surface area contributed by atoms with Gasteiger partial charge in [-0.15, -0.1) is 0 Å². The minimum Gasteiger partial charge on any atom is -0.490 e. The molecule has 2 aromatic heterocycles. The molecule has 0 spiro atoms. The van der Waals surface area contributed by atoms with Crippen molar-refractivity contribution >= 4 is 6.29 Å². The Labute approximate surface area is 173 Å². The Balaban J connectivity index is 1.78. The highest BCUT2D eigenvalue weighted by molar-refractivity contribution is 5.80. The quantitative estimate of drug-likeness (QED) is 0.543. The monoisotopic (exact) mass is 421 g/mol. The number of fused-ring (bicyclic) bond motifs is 4. The Morgan fingerprint density at radius 2 is 2.17 bits per heavy atom. The summed E-state index contributed by atoms with van der Waals surface area (Å²) in [6, 6.07) is 3.15. The molecule has 0 aromatic carbocycles. The molecule has 30 heavy (non-hydrogen) atoms. The van der Waals surface area contributed by atoms with Crippen LogP contribution >= 0.6 is 0 Å². The molecule has 1 aliphatic heterocycles. The van der Waals surface area contributed by atoms with Gasteiger partial charge in [0.25, 0.3) is 0 Å². The van der Waals surface area contributed by atoms with Crippen molar-refractivity contribution in [3.63, 3.8) is 0 Å². The van der Waals surface area contributed by atoms with Crippen molar-refractivity contribution in [3.05, 3.63) is 35.3 Å². The molecule has 3 heterocycles. The van der Waals surface area contributed by atoms with E-state index < -0.39 is 18.2 Å². The van der Waals surface area contributed by atoms with Crippen LogP contribution in [0.2, 0.25) is 0 Å². The normalized spacial score (nSPS) is 22.8. The summed E-state index contributed by atoms with van der Waals surface area (Å²) in [5.74, 6) is -3.39. The fraction of sp³-hybridized carbons (Fsp3) is 0.571. The van der Waals surface area contributed by atoms with Crippen molar-refractivity contribution in [2.75, 3.05) is 26.9 Å². The van der Waals surface area contributed by atoms with Crippen LogP contribution < -0.4 is 9.47 Å². The van der Waals surface area contributed by atoms with Gasteiger partial charge in [-0.25, -0.2) is 4.98 Å². The van der Waals surface area contributed by atoms with Crippen LogP contribution in [0.25, 0.3) is 0 Å². The molecule has 2 aliphatic rings. The largest absolute Gasteiger partial charge is 0.490 e. The van der Waals surface area contributed by atoms with Crippen LogP contribution in [-0.2, 0) is 17.2 Å². The molecule has 0 N–H and O–H groups in total. The summed E-state index contributed by atoms with van der Waals surface area (Å²) in [7, 11) is 1.50. The van der Waals surface area contributed by atoms with Gasteiger partial charge in [-0.3, -0.25) is 9.48 Å². The van der Waals surface area contributed by atoms with Crippen molar-refractivity contribution in [1.82, 2.24) is 14.8 Å². The van der Waals surface area contributed by atoms with E-state index >= 15 is 8.78 Å². The van der Waals surface area contributed by atoms with Crippen LogP contribution in [0.15, 0.2) is 18.3 Å². The molecule has 2 aromatic rings. The van der Waals surface area contributed by atoms with Gasteiger partial charge in [0.1, 0.15) is 13.2 Å². The van der Waals surface area contributed by atoms with Gasteiger partial charge in [0, 0.05) is 36.9 Å². The van der Waals surface area contributed by atoms with Crippen molar-refractivity contribution in [2.45, 2.75) is 44.1 Å². The Bertz CT molecular complexity index is 902. The molecule has 2 unspecified atom stereocenters. The summed E-state index contributed by atoms with van der Waals surface area (Å²) in [5.41, 5.74) is 0.200. The predicted molar refractivity (Wildman–Crippen MR) is 103 cm³/mol. The maximum atomic E-state index is 15.4. The van der Waals surface area contributed by atoms with Gasteiger partial charge in [-0.05, 0) is 18.9 Å². The number of ether oxygens (including phenoxy) is 3. The number of carbonyl (C=O) groups excluding carboxylic acids is 1. The zero-order valence-corrected chi connectivity index (χ0v) is 16.9. The number of alkyl halides is 2. The SMILES string of the molecule is COCCOc1cc(C=O)c2c(n1)C(F)(F)Cn1nccc1C1CCCCC1CO2. The second-order valence-corrected chi connectivity index (χ2v) is 7.77. The predicted octanol–water partition coefficient (Wildman–Crippen LogP) is 3.57. The molecule has 2 atom stereocenters. The van der Waals surface area contributed by atoms with E-state index in [1.807, 2.05) is 6.07 Å². The lowest BCUT2D eigenvalue weighted by Gasteiger charge is -2.34. The average molecular weight is 421 g/mol. The number of aldehydes is 1. The van der Waals surface area contributed by atoms with Crippen molar-refractivity contribution in [2.24, 2.45) is 5.92 Å². The van der Waals surface area contributed by atoms with Crippen LogP contribution in [0.4, 0.5) is 8.78 Å². The molecule has 1 saturated carbocycles. The highest BCUT2D eigenvalue weighted by Gasteiger charge is 2.42. The lowest BCUT2D eigenvalue weighted by atomic mass is 9.77. The highest BCUT2D eigenvalue weighted by atomic mass is 19.3. The third kappa shape index (κ3) is 4.03. The highest BCUT2D eigenvalue weighted by Crippen LogP contribution is 2.43. The lowest BCUT2D eigenvalue weighted by Crippen LogP contribution is -2.32. The van der Waals surface area contributed by atoms with Crippen molar-refractivity contribution in [3.8, 4) is 11.6 Å². The van der Waals surface area contributed by atoms with E-state index in [2.05, 4.69) is 10.1 Å². The smallest absolute Gasteiger partial charge is 0.312 e. The summed E-state index contributed by atoms with van der Waals surface area (Å²) in [6.07, 6.45) is 6.01. The number of nitrogens with zero attached hydrogens (tertiary/aromatic N) is 3. The van der Waals surface area contributed by atoms with Gasteiger partial charge < -0.3 is 14.2 Å². The van der Waals surface area contributed by atoms with Gasteiger partial charge in [-0.1, -0.05) is 12.8 Å². The van der Waals surface area contributed by atoms with Gasteiger partial charge in [0.15, 0.2) is 17.7 Å². The fourth-order valence-electron chi connectivity index (χ4n) is 4.36. The summed E-state index contributed by atoms with van der Waals surface area (Å²) in [6.45, 7) is -0.0467. The zero-order chi connectivity index (χ0) is 21.1. The first-order valence-electron chi connectivity index (χ1n) is 10.2. The molecule has 162 valence electrons. The van der Waals surface area contributed by atoms with Crippen LogP contribution in [0, 0.1) is 5.92 Å². The molecule has 9 heteroatoms. The Morgan fingerprint density at radius 3 is 2.97 bits per heavy atom. The molecular weight excluding hydrogens is 396 g/mol. The second-order valence-electron chi connectivity index (χ2n) is 7.77. The molecule has 1 aliphatic carbocycles. The maximum Gasteiger partial charge on any atom is 0.312 e. The summed E-state index contributed by atoms with van der Waals surface area (Å²) in [4.78, 5) is 15.7. The standard InChI is InChI=1S/C21H25F2N3O4/c1-28-8-9-29-18-10-15(11-27)19-20(25-18)21(22,23)13-26-17(6-7-24-26)16-5-3-2-4-14(16)12-30-19/h6-7,10-11,14,16H,2-5,8-9,12-13H2,1H3. The first-order chi connectivity index (χ1) is 14.5. The second kappa shape index (κ2) is 8.67. The number of methoxy groups -OCH3 is 1. The maximum absolute atomic E-state index is 15.4. The van der Waals surface area contributed by atoms with Gasteiger partial charge in [-0.2, -0.15) is 13.9 Å². The lowest BCUT2D eigenvalue weighted by molar-refractivity contribution is -0.0360. The van der Waals surface area contributed by atoms with E-state index in [9.17, 15) is 4.79 Å². The van der Waals surface area contributed by atoms with E-state index in [0.29, 0.717) is 6.29 Å². The average Bonchev–Trinajstić information content (AvgIpc) is 3.19. The third-order valence-corrected chi connectivity index (χ3v) is 5.82. The van der Waals surface area contributed by atoms with Gasteiger partial charge >= 0.3 is 5.92 Å². The van der Waals surface area contributed by atoms with Crippen LogP contribution in [0.5, 0.6) is 11.6 Å². The first kappa shape index (κ1) is 20.7. The van der Waals surface area contributed by atoms with Gasteiger partial charge in [0.2, 0.25) is 5.88 Å². The molecule has 1 fully saturated rings. The number of hydrogen-bond acceptors (Lipinski definition) is 6. The number of pyridine rings is 1. The van der Waals surface area contributed by atoms with Crippen molar-refractivity contribution < 1.29 is 27.8 Å².